The first-order chi connectivity index (χ1) is 5.70. The molecule has 0 atom stereocenters. The normalized spacial score (nSPS) is 19.6. The highest BCUT2D eigenvalue weighted by Crippen LogP contribution is 1.93. The minimum absolute atomic E-state index is 0.0693. The number of hydrogen-bond acceptors (Lipinski definition) is 3. The van der Waals surface area contributed by atoms with Crippen LogP contribution in [0.15, 0.2) is 0 Å². The van der Waals surface area contributed by atoms with Gasteiger partial charge in [0.05, 0.1) is 0 Å². The van der Waals surface area contributed by atoms with Crippen LogP contribution in [0.5, 0.6) is 0 Å². The van der Waals surface area contributed by atoms with Gasteiger partial charge in [0.1, 0.15) is 0 Å². The van der Waals surface area contributed by atoms with Crippen LogP contribution in [0.1, 0.15) is 13.8 Å². The summed E-state index contributed by atoms with van der Waals surface area (Å²) in [5.41, 5.74) is 2.87. The molecule has 4 heteroatoms. The summed E-state index contributed by atoms with van der Waals surface area (Å²) >= 11 is 0. The van der Waals surface area contributed by atoms with Crippen molar-refractivity contribution in [2.24, 2.45) is 5.92 Å². The Morgan fingerprint density at radius 2 is 2.00 bits per heavy atom. The van der Waals surface area contributed by atoms with Gasteiger partial charge in [-0.3, -0.25) is 10.2 Å². The second kappa shape index (κ2) is 4.42. The maximum absolute atomic E-state index is 11.2. The molecule has 1 saturated heterocycles. The van der Waals surface area contributed by atoms with E-state index in [1.807, 2.05) is 18.9 Å². The standard InChI is InChI=1S/C8H17N3O/c1-7(2)8(12)10-11-5-3-9-4-6-11/h7,9H,3-6H2,1-2H3,(H,10,12). The molecule has 0 bridgehead atoms. The second-order valence-electron chi connectivity index (χ2n) is 3.37. The zero-order valence-corrected chi connectivity index (χ0v) is 7.76. The molecule has 1 aliphatic heterocycles. The number of hydrazine groups is 1. The molecule has 2 N–H and O–H groups in total. The Balaban J connectivity index is 2.24. The Hall–Kier alpha value is -0.610. The van der Waals surface area contributed by atoms with E-state index in [0.717, 1.165) is 26.2 Å². The maximum atomic E-state index is 11.2. The van der Waals surface area contributed by atoms with E-state index in [2.05, 4.69) is 10.7 Å². The molecule has 1 rings (SSSR count). The number of carbonyl (C=O) groups excluding carboxylic acids is 1. The summed E-state index contributed by atoms with van der Waals surface area (Å²) in [7, 11) is 0. The average Bonchev–Trinajstić information content (AvgIpc) is 2.06. The van der Waals surface area contributed by atoms with Crippen LogP contribution >= 0.6 is 0 Å². The molecule has 0 saturated carbocycles. The lowest BCUT2D eigenvalue weighted by molar-refractivity contribution is -0.129. The van der Waals surface area contributed by atoms with E-state index >= 15 is 0 Å². The first kappa shape index (κ1) is 9.48. The van der Waals surface area contributed by atoms with Crippen molar-refractivity contribution in [1.82, 2.24) is 15.8 Å². The van der Waals surface area contributed by atoms with Crippen LogP contribution in [0.25, 0.3) is 0 Å². The molecule has 0 radical (unpaired) electrons. The van der Waals surface area contributed by atoms with Crippen molar-refractivity contribution in [3.05, 3.63) is 0 Å². The average molecular weight is 171 g/mol. The van der Waals surface area contributed by atoms with Crippen molar-refractivity contribution in [3.8, 4) is 0 Å². The van der Waals surface area contributed by atoms with Gasteiger partial charge in [-0.15, -0.1) is 0 Å². The molecular formula is C8H17N3O. The van der Waals surface area contributed by atoms with Crippen LogP contribution in [0, 0.1) is 5.92 Å². The third-order valence-electron chi connectivity index (χ3n) is 1.91. The third-order valence-corrected chi connectivity index (χ3v) is 1.91. The predicted octanol–water partition coefficient (Wildman–Crippen LogP) is -0.421. The van der Waals surface area contributed by atoms with Gasteiger partial charge in [0.15, 0.2) is 0 Å². The lowest BCUT2D eigenvalue weighted by Crippen LogP contribution is -2.53. The molecule has 1 aliphatic rings. The number of piperazine rings is 1. The Morgan fingerprint density at radius 1 is 1.42 bits per heavy atom. The highest BCUT2D eigenvalue weighted by Gasteiger charge is 2.13. The van der Waals surface area contributed by atoms with Crippen LogP contribution in [0.2, 0.25) is 0 Å². The summed E-state index contributed by atoms with van der Waals surface area (Å²) in [6.45, 7) is 7.52. The minimum Gasteiger partial charge on any atom is -0.314 e. The van der Waals surface area contributed by atoms with E-state index < -0.39 is 0 Å². The summed E-state index contributed by atoms with van der Waals surface area (Å²) in [5, 5.41) is 5.20. The summed E-state index contributed by atoms with van der Waals surface area (Å²) in [5.74, 6) is 0.178. The molecular weight excluding hydrogens is 154 g/mol. The van der Waals surface area contributed by atoms with Crippen molar-refractivity contribution in [3.63, 3.8) is 0 Å². The van der Waals surface area contributed by atoms with Gasteiger partial charge < -0.3 is 5.32 Å². The van der Waals surface area contributed by atoms with E-state index in [1.165, 1.54) is 0 Å². The fraction of sp³-hybridized carbons (Fsp3) is 0.875. The lowest BCUT2D eigenvalue weighted by atomic mass is 10.2. The van der Waals surface area contributed by atoms with Crippen molar-refractivity contribution < 1.29 is 4.79 Å². The molecule has 0 unspecified atom stereocenters. The number of hydrogen-bond donors (Lipinski definition) is 2. The zero-order valence-electron chi connectivity index (χ0n) is 7.76. The number of nitrogens with one attached hydrogen (secondary N) is 2. The summed E-state index contributed by atoms with van der Waals surface area (Å²) < 4.78 is 0. The fourth-order valence-corrected chi connectivity index (χ4v) is 1.06. The van der Waals surface area contributed by atoms with Crippen molar-refractivity contribution in [2.45, 2.75) is 13.8 Å². The largest absolute Gasteiger partial charge is 0.314 e. The molecule has 4 nitrogen and oxygen atoms in total. The highest BCUT2D eigenvalue weighted by molar-refractivity contribution is 5.77. The first-order valence-electron chi connectivity index (χ1n) is 4.46. The summed E-state index contributed by atoms with van der Waals surface area (Å²) in [4.78, 5) is 11.2. The Morgan fingerprint density at radius 3 is 2.50 bits per heavy atom. The molecule has 0 aliphatic carbocycles. The van der Waals surface area contributed by atoms with Gasteiger partial charge in [0.25, 0.3) is 0 Å². The second-order valence-corrected chi connectivity index (χ2v) is 3.37. The van der Waals surface area contributed by atoms with Gasteiger partial charge >= 0.3 is 0 Å². The summed E-state index contributed by atoms with van der Waals surface area (Å²) in [6, 6.07) is 0. The van der Waals surface area contributed by atoms with Crippen molar-refractivity contribution in [2.75, 3.05) is 26.2 Å². The minimum atomic E-state index is 0.0693. The molecule has 70 valence electrons. The van der Waals surface area contributed by atoms with Crippen LogP contribution < -0.4 is 10.7 Å². The van der Waals surface area contributed by atoms with E-state index in [1.54, 1.807) is 0 Å². The van der Waals surface area contributed by atoms with E-state index in [4.69, 9.17) is 0 Å². The Labute approximate surface area is 73.3 Å². The van der Waals surface area contributed by atoms with Crippen LogP contribution in [-0.2, 0) is 4.79 Å². The predicted molar refractivity (Wildman–Crippen MR) is 47.4 cm³/mol. The molecule has 0 aromatic rings. The monoisotopic (exact) mass is 171 g/mol. The smallest absolute Gasteiger partial charge is 0.236 e. The van der Waals surface area contributed by atoms with Crippen LogP contribution in [0.3, 0.4) is 0 Å². The quantitative estimate of drug-likeness (QED) is 0.593. The Bertz CT molecular complexity index is 152. The van der Waals surface area contributed by atoms with Crippen molar-refractivity contribution in [1.29, 1.82) is 0 Å². The van der Waals surface area contributed by atoms with E-state index in [0.29, 0.717) is 0 Å². The summed E-state index contributed by atoms with van der Waals surface area (Å²) in [6.07, 6.45) is 0. The Kier molecular flexibility index (Phi) is 3.49. The first-order valence-corrected chi connectivity index (χ1v) is 4.46. The van der Waals surface area contributed by atoms with Gasteiger partial charge in [0.2, 0.25) is 5.91 Å². The number of nitrogens with zero attached hydrogens (tertiary/aromatic N) is 1. The fourth-order valence-electron chi connectivity index (χ4n) is 1.06. The maximum Gasteiger partial charge on any atom is 0.236 e. The molecule has 1 heterocycles. The topological polar surface area (TPSA) is 44.4 Å². The molecule has 1 fully saturated rings. The molecule has 0 aromatic carbocycles. The van der Waals surface area contributed by atoms with Crippen LogP contribution in [0.4, 0.5) is 0 Å². The number of amides is 1. The molecule has 0 aromatic heterocycles. The van der Waals surface area contributed by atoms with Gasteiger partial charge in [-0.1, -0.05) is 13.8 Å². The molecule has 0 spiro atoms. The van der Waals surface area contributed by atoms with E-state index in [9.17, 15) is 4.79 Å². The number of carbonyl (C=O) groups is 1. The third kappa shape index (κ3) is 2.79. The van der Waals surface area contributed by atoms with Crippen LogP contribution in [-0.4, -0.2) is 37.1 Å². The zero-order chi connectivity index (χ0) is 8.97. The van der Waals surface area contributed by atoms with Gasteiger partial charge in [-0.05, 0) is 0 Å². The SMILES string of the molecule is CC(C)C(=O)NN1CCNCC1. The lowest BCUT2D eigenvalue weighted by Gasteiger charge is -2.28. The highest BCUT2D eigenvalue weighted by atomic mass is 16.2. The molecule has 1 amide bonds. The van der Waals surface area contributed by atoms with Crippen molar-refractivity contribution >= 4 is 5.91 Å². The van der Waals surface area contributed by atoms with Gasteiger partial charge in [-0.25, -0.2) is 5.01 Å². The van der Waals surface area contributed by atoms with Gasteiger partial charge in [0, 0.05) is 32.1 Å². The number of rotatable bonds is 2. The van der Waals surface area contributed by atoms with Gasteiger partial charge in [-0.2, -0.15) is 0 Å². The molecule has 12 heavy (non-hydrogen) atoms. The van der Waals surface area contributed by atoms with E-state index in [-0.39, 0.29) is 11.8 Å².